The summed E-state index contributed by atoms with van der Waals surface area (Å²) in [5.41, 5.74) is 0. The highest BCUT2D eigenvalue weighted by Crippen LogP contribution is 2.28. The predicted molar refractivity (Wildman–Crippen MR) is 77.3 cm³/mol. The zero-order valence-corrected chi connectivity index (χ0v) is 12.5. The Balaban J connectivity index is 2.16. The molecule has 2 unspecified atom stereocenters. The standard InChI is InChI=1S/C16H33N/c1-5-7-15-8-10-16(11-9-15)17-14(4)12-13(3)6-2/h13-17H,5-12H2,1-4H3. The molecular weight excluding hydrogens is 206 g/mol. The van der Waals surface area contributed by atoms with E-state index in [0.29, 0.717) is 6.04 Å². The molecule has 1 saturated carbocycles. The summed E-state index contributed by atoms with van der Waals surface area (Å²) in [7, 11) is 0. The van der Waals surface area contributed by atoms with Crippen molar-refractivity contribution in [2.45, 2.75) is 91.1 Å². The molecule has 0 aromatic carbocycles. The fourth-order valence-corrected chi connectivity index (χ4v) is 3.27. The Morgan fingerprint density at radius 3 is 2.24 bits per heavy atom. The first kappa shape index (κ1) is 15.0. The predicted octanol–water partition coefficient (Wildman–Crippen LogP) is 4.76. The second-order valence-corrected chi connectivity index (χ2v) is 6.32. The van der Waals surface area contributed by atoms with E-state index in [2.05, 4.69) is 33.0 Å². The molecule has 0 aliphatic heterocycles. The van der Waals surface area contributed by atoms with Crippen LogP contribution in [0.2, 0.25) is 0 Å². The van der Waals surface area contributed by atoms with Crippen LogP contribution < -0.4 is 5.32 Å². The maximum absolute atomic E-state index is 3.85. The van der Waals surface area contributed by atoms with Gasteiger partial charge in [-0.1, -0.05) is 40.0 Å². The van der Waals surface area contributed by atoms with Crippen molar-refractivity contribution in [3.05, 3.63) is 0 Å². The van der Waals surface area contributed by atoms with Gasteiger partial charge in [0.05, 0.1) is 0 Å². The summed E-state index contributed by atoms with van der Waals surface area (Å²) >= 11 is 0. The van der Waals surface area contributed by atoms with Crippen LogP contribution in [0, 0.1) is 11.8 Å². The van der Waals surface area contributed by atoms with E-state index >= 15 is 0 Å². The van der Waals surface area contributed by atoms with Crippen LogP contribution in [0.1, 0.15) is 79.1 Å². The summed E-state index contributed by atoms with van der Waals surface area (Å²) < 4.78 is 0. The molecule has 1 heteroatoms. The molecule has 0 radical (unpaired) electrons. The summed E-state index contributed by atoms with van der Waals surface area (Å²) in [4.78, 5) is 0. The molecule has 0 bridgehead atoms. The molecule has 0 saturated heterocycles. The monoisotopic (exact) mass is 239 g/mol. The van der Waals surface area contributed by atoms with Crippen LogP contribution in [0.15, 0.2) is 0 Å². The SMILES string of the molecule is CCCC1CCC(NC(C)CC(C)CC)CC1. The van der Waals surface area contributed by atoms with Crippen molar-refractivity contribution in [2.75, 3.05) is 0 Å². The molecule has 1 aliphatic rings. The molecule has 1 fully saturated rings. The lowest BCUT2D eigenvalue weighted by molar-refractivity contribution is 0.256. The quantitative estimate of drug-likeness (QED) is 0.675. The summed E-state index contributed by atoms with van der Waals surface area (Å²) in [5.74, 6) is 1.90. The van der Waals surface area contributed by atoms with Crippen molar-refractivity contribution in [3.8, 4) is 0 Å². The molecule has 1 aliphatic carbocycles. The van der Waals surface area contributed by atoms with Crippen LogP contribution in [0.3, 0.4) is 0 Å². The Morgan fingerprint density at radius 2 is 1.71 bits per heavy atom. The fraction of sp³-hybridized carbons (Fsp3) is 1.00. The van der Waals surface area contributed by atoms with Crippen LogP contribution in [-0.4, -0.2) is 12.1 Å². The lowest BCUT2D eigenvalue weighted by atomic mass is 9.83. The van der Waals surface area contributed by atoms with Crippen molar-refractivity contribution in [2.24, 2.45) is 11.8 Å². The van der Waals surface area contributed by atoms with Crippen molar-refractivity contribution < 1.29 is 0 Å². The molecule has 17 heavy (non-hydrogen) atoms. The van der Waals surface area contributed by atoms with Crippen LogP contribution in [0.5, 0.6) is 0 Å². The van der Waals surface area contributed by atoms with Gasteiger partial charge in [-0.25, -0.2) is 0 Å². The van der Waals surface area contributed by atoms with Crippen molar-refractivity contribution in [1.82, 2.24) is 5.32 Å². The average Bonchev–Trinajstić information content (AvgIpc) is 2.31. The minimum absolute atomic E-state index is 0.706. The van der Waals surface area contributed by atoms with E-state index in [1.165, 1.54) is 51.4 Å². The molecule has 2 atom stereocenters. The highest BCUT2D eigenvalue weighted by atomic mass is 14.9. The number of nitrogens with one attached hydrogen (secondary N) is 1. The summed E-state index contributed by atoms with van der Waals surface area (Å²) in [6.07, 6.45) is 11.2. The first-order chi connectivity index (χ1) is 8.15. The molecular formula is C16H33N. The van der Waals surface area contributed by atoms with Crippen LogP contribution >= 0.6 is 0 Å². The van der Waals surface area contributed by atoms with E-state index in [1.54, 1.807) is 0 Å². The molecule has 0 heterocycles. The van der Waals surface area contributed by atoms with Crippen molar-refractivity contribution in [1.29, 1.82) is 0 Å². The van der Waals surface area contributed by atoms with Gasteiger partial charge in [0.1, 0.15) is 0 Å². The highest BCUT2D eigenvalue weighted by molar-refractivity contribution is 4.79. The fourth-order valence-electron chi connectivity index (χ4n) is 3.27. The second kappa shape index (κ2) is 8.13. The first-order valence-corrected chi connectivity index (χ1v) is 7.91. The van der Waals surface area contributed by atoms with Crippen LogP contribution in [0.4, 0.5) is 0 Å². The number of hydrogen-bond donors (Lipinski definition) is 1. The molecule has 1 rings (SSSR count). The lowest BCUT2D eigenvalue weighted by Gasteiger charge is -2.31. The smallest absolute Gasteiger partial charge is 0.00697 e. The third-order valence-corrected chi connectivity index (χ3v) is 4.52. The lowest BCUT2D eigenvalue weighted by Crippen LogP contribution is -2.39. The Labute approximate surface area is 109 Å². The normalized spacial score (nSPS) is 28.9. The first-order valence-electron chi connectivity index (χ1n) is 7.91. The Bertz CT molecular complexity index is 182. The average molecular weight is 239 g/mol. The Kier molecular flexibility index (Phi) is 7.18. The molecule has 0 spiro atoms. The van der Waals surface area contributed by atoms with Gasteiger partial charge in [0.15, 0.2) is 0 Å². The van der Waals surface area contributed by atoms with E-state index in [-0.39, 0.29) is 0 Å². The number of rotatable bonds is 7. The largest absolute Gasteiger partial charge is 0.311 e. The molecule has 0 amide bonds. The molecule has 0 aromatic rings. The zero-order chi connectivity index (χ0) is 12.7. The van der Waals surface area contributed by atoms with Gasteiger partial charge in [-0.3, -0.25) is 0 Å². The second-order valence-electron chi connectivity index (χ2n) is 6.32. The van der Waals surface area contributed by atoms with E-state index in [4.69, 9.17) is 0 Å². The Hall–Kier alpha value is -0.0400. The zero-order valence-electron chi connectivity index (χ0n) is 12.5. The van der Waals surface area contributed by atoms with Crippen LogP contribution in [-0.2, 0) is 0 Å². The molecule has 1 N–H and O–H groups in total. The summed E-state index contributed by atoms with van der Waals surface area (Å²) in [6, 6.07) is 1.51. The van der Waals surface area contributed by atoms with Crippen molar-refractivity contribution >= 4 is 0 Å². The van der Waals surface area contributed by atoms with Gasteiger partial charge >= 0.3 is 0 Å². The third kappa shape index (κ3) is 5.90. The van der Waals surface area contributed by atoms with Crippen molar-refractivity contribution in [3.63, 3.8) is 0 Å². The van der Waals surface area contributed by atoms with Gasteiger partial charge in [-0.2, -0.15) is 0 Å². The van der Waals surface area contributed by atoms with Gasteiger partial charge in [0.25, 0.3) is 0 Å². The van der Waals surface area contributed by atoms with E-state index in [9.17, 15) is 0 Å². The minimum atomic E-state index is 0.706. The van der Waals surface area contributed by atoms with Gasteiger partial charge < -0.3 is 5.32 Å². The number of hydrogen-bond acceptors (Lipinski definition) is 1. The Morgan fingerprint density at radius 1 is 1.06 bits per heavy atom. The van der Waals surface area contributed by atoms with Gasteiger partial charge in [-0.15, -0.1) is 0 Å². The maximum atomic E-state index is 3.85. The van der Waals surface area contributed by atoms with E-state index in [0.717, 1.165) is 17.9 Å². The van der Waals surface area contributed by atoms with Gasteiger partial charge in [0, 0.05) is 12.1 Å². The van der Waals surface area contributed by atoms with E-state index < -0.39 is 0 Å². The molecule has 102 valence electrons. The third-order valence-electron chi connectivity index (χ3n) is 4.52. The minimum Gasteiger partial charge on any atom is -0.311 e. The summed E-state index contributed by atoms with van der Waals surface area (Å²) in [5, 5.41) is 3.85. The summed E-state index contributed by atoms with van der Waals surface area (Å²) in [6.45, 7) is 9.35. The molecule has 1 nitrogen and oxygen atoms in total. The highest BCUT2D eigenvalue weighted by Gasteiger charge is 2.21. The van der Waals surface area contributed by atoms with Crippen LogP contribution in [0.25, 0.3) is 0 Å². The molecule has 0 aromatic heterocycles. The van der Waals surface area contributed by atoms with Gasteiger partial charge in [0.2, 0.25) is 0 Å². The van der Waals surface area contributed by atoms with Gasteiger partial charge in [-0.05, 0) is 50.9 Å². The maximum Gasteiger partial charge on any atom is 0.00697 e. The van der Waals surface area contributed by atoms with E-state index in [1.807, 2.05) is 0 Å². The topological polar surface area (TPSA) is 12.0 Å².